The molecule has 0 aromatic carbocycles. The van der Waals surface area contributed by atoms with Gasteiger partial charge in [-0.2, -0.15) is 0 Å². The van der Waals surface area contributed by atoms with Crippen LogP contribution in [0.5, 0.6) is 0 Å². The van der Waals surface area contributed by atoms with Crippen LogP contribution in [0.3, 0.4) is 0 Å². The monoisotopic (exact) mass is 113 g/mol. The van der Waals surface area contributed by atoms with E-state index < -0.39 is 13.9 Å². The first-order valence-corrected chi connectivity index (χ1v) is 3.10. The maximum Gasteiger partial charge on any atom is 0.338 e. The first-order valence-electron chi connectivity index (χ1n) is 1.31. The minimum absolute atomic E-state index is 0.562. The highest BCUT2D eigenvalue weighted by Crippen LogP contribution is 2.30. The first kappa shape index (κ1) is 6.11. The van der Waals surface area contributed by atoms with E-state index in [1.54, 1.807) is 0 Å². The molecule has 0 atom stereocenters. The predicted molar refractivity (Wildman–Crippen MR) is 21.1 cm³/mol. The van der Waals surface area contributed by atoms with Crippen molar-refractivity contribution in [1.82, 2.24) is 0 Å². The summed E-state index contributed by atoms with van der Waals surface area (Å²) in [5.74, 6) is 0. The van der Waals surface area contributed by atoms with Gasteiger partial charge in [0.25, 0.3) is 0 Å². The molecule has 0 bridgehead atoms. The Labute approximate surface area is 35.1 Å². The largest absolute Gasteiger partial charge is 0.338 e. The second kappa shape index (κ2) is 1.71. The molecule has 0 aromatic rings. The molecule has 0 aromatic heterocycles. The highest BCUT2D eigenvalue weighted by atomic mass is 31.2. The molecule has 0 aliphatic carbocycles. The summed E-state index contributed by atoms with van der Waals surface area (Å²) >= 11 is 0. The molecule has 0 saturated carbocycles. The Morgan fingerprint density at radius 2 is 1.83 bits per heavy atom. The molecule has 0 spiro atoms. The van der Waals surface area contributed by atoms with E-state index in [0.29, 0.717) is 0 Å². The standard InChI is InChI=1S/CH6NO3P/c2-1-6(3,4)5/h1-2H2,(H2,3,4,5)/i1+1,2+1. The van der Waals surface area contributed by atoms with Crippen LogP contribution in [0.2, 0.25) is 0 Å². The van der Waals surface area contributed by atoms with Gasteiger partial charge in [0.05, 0.1) is 6.29 Å². The van der Waals surface area contributed by atoms with Gasteiger partial charge >= 0.3 is 7.60 Å². The van der Waals surface area contributed by atoms with Gasteiger partial charge in [-0.25, -0.2) is 0 Å². The van der Waals surface area contributed by atoms with E-state index in [4.69, 9.17) is 9.79 Å². The molecule has 4 nitrogen and oxygen atoms in total. The average Bonchev–Trinajstić information content (AvgIpc) is 1.35. The highest BCUT2D eigenvalue weighted by Gasteiger charge is 2.05. The van der Waals surface area contributed by atoms with E-state index in [0.717, 1.165) is 0 Å². The fraction of sp³-hybridized carbons (Fsp3) is 1.00. The molecule has 0 saturated heterocycles. The van der Waals surface area contributed by atoms with Gasteiger partial charge in [0.15, 0.2) is 0 Å². The van der Waals surface area contributed by atoms with E-state index in [9.17, 15) is 4.57 Å². The summed E-state index contributed by atoms with van der Waals surface area (Å²) in [4.78, 5) is 15.6. The average molecular weight is 113 g/mol. The van der Waals surface area contributed by atoms with Gasteiger partial charge in [0.2, 0.25) is 0 Å². The molecule has 0 aliphatic heterocycles. The Morgan fingerprint density at radius 3 is 1.83 bits per heavy atom. The van der Waals surface area contributed by atoms with Gasteiger partial charge in [0.1, 0.15) is 0 Å². The Kier molecular flexibility index (Phi) is 1.74. The third kappa shape index (κ3) is 4.11. The van der Waals surface area contributed by atoms with Crippen LogP contribution in [0.25, 0.3) is 0 Å². The molecule has 0 fully saturated rings. The number of hydrogen-bond acceptors (Lipinski definition) is 2. The van der Waals surface area contributed by atoms with Crippen LogP contribution in [-0.4, -0.2) is 16.1 Å². The van der Waals surface area contributed by atoms with E-state index in [1.165, 1.54) is 0 Å². The SMILES string of the molecule is [15NH2][13CH2]P(=O)(O)O. The minimum Gasteiger partial charge on any atom is -0.324 e. The van der Waals surface area contributed by atoms with Crippen LogP contribution in [0.1, 0.15) is 0 Å². The number of rotatable bonds is 1. The van der Waals surface area contributed by atoms with E-state index in [1.807, 2.05) is 0 Å². The van der Waals surface area contributed by atoms with Gasteiger partial charge in [-0.15, -0.1) is 0 Å². The second-order valence-corrected chi connectivity index (χ2v) is 2.54. The van der Waals surface area contributed by atoms with E-state index in [-0.39, 0.29) is 0 Å². The lowest BCUT2D eigenvalue weighted by atomic mass is 12.5. The van der Waals surface area contributed by atoms with Crippen LogP contribution in [0, 0.1) is 0 Å². The third-order valence-corrected chi connectivity index (χ3v) is 0.714. The Hall–Kier alpha value is 0.110. The molecule has 38 valence electrons. The third-order valence-electron chi connectivity index (χ3n) is 0.238. The van der Waals surface area contributed by atoms with Gasteiger partial charge in [-0.3, -0.25) is 4.57 Å². The van der Waals surface area contributed by atoms with Crippen molar-refractivity contribution in [3.63, 3.8) is 0 Å². The fourth-order valence-electron chi connectivity index (χ4n) is 0. The van der Waals surface area contributed by atoms with Gasteiger partial charge in [-0.1, -0.05) is 0 Å². The molecule has 6 heavy (non-hydrogen) atoms. The summed E-state index contributed by atoms with van der Waals surface area (Å²) in [6.45, 7) is 0. The summed E-state index contributed by atoms with van der Waals surface area (Å²) in [7, 11) is -3.87. The van der Waals surface area contributed by atoms with Crippen LogP contribution in [0.15, 0.2) is 0 Å². The number of nitrogens with two attached hydrogens (primary N) is 1. The molecule has 0 heterocycles. The number of hydrogen-bond donors (Lipinski definition) is 3. The van der Waals surface area contributed by atoms with Crippen molar-refractivity contribution in [2.75, 3.05) is 6.29 Å². The molecule has 0 unspecified atom stereocenters. The Balaban J connectivity index is 3.48. The van der Waals surface area contributed by atoms with Crippen molar-refractivity contribution in [2.24, 2.45) is 5.73 Å². The summed E-state index contributed by atoms with van der Waals surface area (Å²) in [6.07, 6.45) is -0.562. The van der Waals surface area contributed by atoms with Crippen LogP contribution >= 0.6 is 7.60 Å². The molecule has 0 radical (unpaired) electrons. The fourth-order valence-corrected chi connectivity index (χ4v) is 0. The first-order chi connectivity index (χ1) is 2.56. The summed E-state index contributed by atoms with van der Waals surface area (Å²) in [6, 6.07) is 0. The summed E-state index contributed by atoms with van der Waals surface area (Å²) in [5, 5.41) is 0. The van der Waals surface area contributed by atoms with Crippen molar-refractivity contribution in [1.29, 1.82) is 0 Å². The van der Waals surface area contributed by atoms with Gasteiger partial charge < -0.3 is 15.5 Å². The van der Waals surface area contributed by atoms with Crippen LogP contribution < -0.4 is 5.73 Å². The van der Waals surface area contributed by atoms with Crippen molar-refractivity contribution >= 4 is 7.60 Å². The summed E-state index contributed by atoms with van der Waals surface area (Å²) < 4.78 is 9.57. The topological polar surface area (TPSA) is 83.6 Å². The predicted octanol–water partition coefficient (Wildman–Crippen LogP) is -0.920. The quantitative estimate of drug-likeness (QED) is 0.233. The van der Waals surface area contributed by atoms with Crippen molar-refractivity contribution < 1.29 is 14.4 Å². The van der Waals surface area contributed by atoms with Crippen LogP contribution in [0.4, 0.5) is 0 Å². The lowest BCUT2D eigenvalue weighted by Crippen LogP contribution is -1.97. The van der Waals surface area contributed by atoms with Crippen LogP contribution in [-0.2, 0) is 4.57 Å². The van der Waals surface area contributed by atoms with E-state index in [2.05, 4.69) is 5.73 Å². The van der Waals surface area contributed by atoms with Crippen molar-refractivity contribution in [3.05, 3.63) is 0 Å². The van der Waals surface area contributed by atoms with Crippen molar-refractivity contribution in [2.45, 2.75) is 0 Å². The molecule has 0 amide bonds. The second-order valence-electron chi connectivity index (χ2n) is 0.847. The lowest BCUT2D eigenvalue weighted by molar-refractivity contribution is 0.374. The minimum atomic E-state index is -3.87. The molecular weight excluding hydrogens is 107 g/mol. The maximum atomic E-state index is 9.57. The van der Waals surface area contributed by atoms with Gasteiger partial charge in [-0.05, 0) is 0 Å². The summed E-state index contributed by atoms with van der Waals surface area (Å²) in [5.41, 5.74) is 4.54. The molecule has 5 heteroatoms. The molecule has 0 rings (SSSR count). The maximum absolute atomic E-state index is 9.57. The zero-order chi connectivity index (χ0) is 5.21. The normalized spacial score (nSPS) is 11.8. The van der Waals surface area contributed by atoms with Crippen molar-refractivity contribution in [3.8, 4) is 0 Å². The highest BCUT2D eigenvalue weighted by molar-refractivity contribution is 7.51. The molecule has 4 N–H and O–H groups in total. The van der Waals surface area contributed by atoms with E-state index >= 15 is 0 Å². The zero-order valence-corrected chi connectivity index (χ0v) is 3.93. The Bertz CT molecular complexity index is 74.9. The van der Waals surface area contributed by atoms with Gasteiger partial charge in [0, 0.05) is 0 Å². The molecule has 0 aliphatic rings. The Morgan fingerprint density at radius 1 is 1.67 bits per heavy atom. The molecular formula is CH6NO3P. The zero-order valence-electron chi connectivity index (χ0n) is 3.03. The smallest absolute Gasteiger partial charge is 0.324 e. The lowest BCUT2D eigenvalue weighted by Gasteiger charge is -1.92.